The summed E-state index contributed by atoms with van der Waals surface area (Å²) in [6.45, 7) is 2.93. The van der Waals surface area contributed by atoms with E-state index in [9.17, 15) is 9.18 Å². The Morgan fingerprint density at radius 3 is 2.72 bits per heavy atom. The fraction of sp³-hybridized carbons (Fsp3) is 0.429. The zero-order valence-electron chi connectivity index (χ0n) is 14.5. The number of aromatic nitrogens is 1. The average molecular weight is 338 g/mol. The third-order valence-corrected chi connectivity index (χ3v) is 6.05. The maximum Gasteiger partial charge on any atom is 0.223 e. The van der Waals surface area contributed by atoms with Crippen LogP contribution in [0.4, 0.5) is 4.39 Å². The van der Waals surface area contributed by atoms with Crippen LogP contribution in [0, 0.1) is 5.82 Å². The molecule has 0 N–H and O–H groups in total. The smallest absolute Gasteiger partial charge is 0.223 e. The van der Waals surface area contributed by atoms with Gasteiger partial charge in [0.15, 0.2) is 0 Å². The highest BCUT2D eigenvalue weighted by Crippen LogP contribution is 2.58. The molecule has 1 aliphatic heterocycles. The minimum absolute atomic E-state index is 0.0364. The summed E-state index contributed by atoms with van der Waals surface area (Å²) in [6.07, 6.45) is 7.03. The van der Waals surface area contributed by atoms with E-state index in [-0.39, 0.29) is 23.2 Å². The second-order valence-corrected chi connectivity index (χ2v) is 7.28. The Morgan fingerprint density at radius 2 is 2.04 bits per heavy atom. The lowest BCUT2D eigenvalue weighted by molar-refractivity contribution is -0.137. The van der Waals surface area contributed by atoms with Crippen LogP contribution in [-0.2, 0) is 4.79 Å². The van der Waals surface area contributed by atoms with Crippen LogP contribution < -0.4 is 0 Å². The third kappa shape index (κ3) is 2.84. The first-order valence-corrected chi connectivity index (χ1v) is 9.10. The summed E-state index contributed by atoms with van der Waals surface area (Å²) in [6, 6.07) is 10.8. The largest absolute Gasteiger partial charge is 0.336 e. The molecule has 2 aromatic rings. The second-order valence-electron chi connectivity index (χ2n) is 7.28. The standard InChI is InChI=1S/C21H23FN2O/c1-2-21(14-19(21)15-6-9-23-10-7-15)24-11-8-17(13-20(24)25)16-4-3-5-18(22)12-16/h3-7,9-10,12,17,19H,2,8,11,13-14H2,1H3. The number of carbonyl (C=O) groups is 1. The topological polar surface area (TPSA) is 33.2 Å². The number of benzene rings is 1. The van der Waals surface area contributed by atoms with Gasteiger partial charge in [0.2, 0.25) is 5.91 Å². The molecule has 2 heterocycles. The summed E-state index contributed by atoms with van der Waals surface area (Å²) in [5, 5.41) is 0. The van der Waals surface area contributed by atoms with Crippen LogP contribution in [0.15, 0.2) is 48.8 Å². The predicted molar refractivity (Wildman–Crippen MR) is 94.7 cm³/mol. The predicted octanol–water partition coefficient (Wildman–Crippen LogP) is 4.26. The van der Waals surface area contributed by atoms with E-state index < -0.39 is 0 Å². The molecule has 1 amide bonds. The highest BCUT2D eigenvalue weighted by atomic mass is 19.1. The number of likely N-dealkylation sites (tertiary alicyclic amines) is 1. The Kier molecular flexibility index (Phi) is 4.06. The molecule has 25 heavy (non-hydrogen) atoms. The van der Waals surface area contributed by atoms with Crippen molar-refractivity contribution in [3.8, 4) is 0 Å². The summed E-state index contributed by atoms with van der Waals surface area (Å²) < 4.78 is 13.5. The SMILES string of the molecule is CCC1(N2CCC(c3cccc(F)c3)CC2=O)CC1c1ccncc1. The molecular formula is C21H23FN2O. The Labute approximate surface area is 147 Å². The zero-order valence-corrected chi connectivity index (χ0v) is 14.5. The first kappa shape index (κ1) is 16.2. The van der Waals surface area contributed by atoms with Gasteiger partial charge >= 0.3 is 0 Å². The monoisotopic (exact) mass is 338 g/mol. The Balaban J connectivity index is 1.50. The molecule has 1 saturated heterocycles. The molecule has 1 aromatic heterocycles. The minimum atomic E-state index is -0.225. The first-order valence-electron chi connectivity index (χ1n) is 9.10. The lowest BCUT2D eigenvalue weighted by atomic mass is 9.87. The molecule has 4 heteroatoms. The van der Waals surface area contributed by atoms with Crippen molar-refractivity contribution in [3.05, 3.63) is 65.7 Å². The van der Waals surface area contributed by atoms with E-state index in [2.05, 4.69) is 28.9 Å². The normalized spacial score (nSPS) is 28.9. The highest BCUT2D eigenvalue weighted by Gasteiger charge is 2.59. The van der Waals surface area contributed by atoms with Gasteiger partial charge in [0, 0.05) is 31.3 Å². The summed E-state index contributed by atoms with van der Waals surface area (Å²) >= 11 is 0. The van der Waals surface area contributed by atoms with Crippen molar-refractivity contribution in [1.29, 1.82) is 0 Å². The summed E-state index contributed by atoms with van der Waals surface area (Å²) in [5.41, 5.74) is 2.18. The van der Waals surface area contributed by atoms with Gasteiger partial charge in [-0.1, -0.05) is 19.1 Å². The van der Waals surface area contributed by atoms with E-state index in [1.54, 1.807) is 12.1 Å². The van der Waals surface area contributed by atoms with Crippen molar-refractivity contribution in [2.75, 3.05) is 6.54 Å². The van der Waals surface area contributed by atoms with Gasteiger partial charge in [0.1, 0.15) is 5.82 Å². The number of halogens is 1. The lowest BCUT2D eigenvalue weighted by Crippen LogP contribution is -2.47. The van der Waals surface area contributed by atoms with Crippen LogP contribution in [0.2, 0.25) is 0 Å². The third-order valence-electron chi connectivity index (χ3n) is 6.05. The van der Waals surface area contributed by atoms with Gasteiger partial charge in [-0.05, 0) is 60.6 Å². The van der Waals surface area contributed by atoms with Gasteiger partial charge in [-0.2, -0.15) is 0 Å². The summed E-state index contributed by atoms with van der Waals surface area (Å²) in [5.74, 6) is 0.526. The van der Waals surface area contributed by atoms with Crippen molar-refractivity contribution in [2.45, 2.75) is 50.0 Å². The molecule has 0 bridgehead atoms. The van der Waals surface area contributed by atoms with E-state index in [1.165, 1.54) is 11.6 Å². The lowest BCUT2D eigenvalue weighted by Gasteiger charge is -2.38. The molecule has 1 saturated carbocycles. The zero-order chi connectivity index (χ0) is 17.4. The molecule has 1 aromatic carbocycles. The van der Waals surface area contributed by atoms with Crippen LogP contribution in [0.3, 0.4) is 0 Å². The van der Waals surface area contributed by atoms with Crippen molar-refractivity contribution in [3.63, 3.8) is 0 Å². The van der Waals surface area contributed by atoms with E-state index >= 15 is 0 Å². The van der Waals surface area contributed by atoms with E-state index in [0.717, 1.165) is 31.4 Å². The van der Waals surface area contributed by atoms with Gasteiger partial charge in [0.05, 0.1) is 5.54 Å². The maximum absolute atomic E-state index is 13.5. The van der Waals surface area contributed by atoms with Crippen molar-refractivity contribution < 1.29 is 9.18 Å². The van der Waals surface area contributed by atoms with Crippen LogP contribution in [0.5, 0.6) is 0 Å². The first-order chi connectivity index (χ1) is 12.1. The van der Waals surface area contributed by atoms with Gasteiger partial charge in [-0.25, -0.2) is 4.39 Å². The number of hydrogen-bond donors (Lipinski definition) is 0. The number of hydrogen-bond acceptors (Lipinski definition) is 2. The summed E-state index contributed by atoms with van der Waals surface area (Å²) in [4.78, 5) is 19.1. The van der Waals surface area contributed by atoms with Crippen LogP contribution in [0.25, 0.3) is 0 Å². The Morgan fingerprint density at radius 1 is 1.24 bits per heavy atom. The molecule has 0 radical (unpaired) electrons. The fourth-order valence-corrected chi connectivity index (χ4v) is 4.55. The van der Waals surface area contributed by atoms with E-state index in [0.29, 0.717) is 12.3 Å². The van der Waals surface area contributed by atoms with Crippen LogP contribution in [0.1, 0.15) is 55.6 Å². The molecule has 4 rings (SSSR count). The second kappa shape index (κ2) is 6.25. The average Bonchev–Trinajstić information content (AvgIpc) is 3.38. The summed E-state index contributed by atoms with van der Waals surface area (Å²) in [7, 11) is 0. The van der Waals surface area contributed by atoms with Crippen molar-refractivity contribution in [2.24, 2.45) is 0 Å². The molecule has 2 aliphatic rings. The van der Waals surface area contributed by atoms with Crippen LogP contribution >= 0.6 is 0 Å². The number of carbonyl (C=O) groups excluding carboxylic acids is 1. The maximum atomic E-state index is 13.5. The number of nitrogens with zero attached hydrogens (tertiary/aromatic N) is 2. The molecule has 3 atom stereocenters. The van der Waals surface area contributed by atoms with Gasteiger partial charge < -0.3 is 4.90 Å². The molecule has 3 nitrogen and oxygen atoms in total. The molecule has 1 aliphatic carbocycles. The van der Waals surface area contributed by atoms with Gasteiger partial charge in [-0.15, -0.1) is 0 Å². The molecule has 2 fully saturated rings. The highest BCUT2D eigenvalue weighted by molar-refractivity contribution is 5.80. The molecule has 0 spiro atoms. The Bertz CT molecular complexity index is 778. The van der Waals surface area contributed by atoms with E-state index in [4.69, 9.17) is 0 Å². The number of rotatable bonds is 4. The number of pyridine rings is 1. The van der Waals surface area contributed by atoms with Gasteiger partial charge in [-0.3, -0.25) is 9.78 Å². The van der Waals surface area contributed by atoms with E-state index in [1.807, 2.05) is 18.5 Å². The van der Waals surface area contributed by atoms with Crippen molar-refractivity contribution >= 4 is 5.91 Å². The van der Waals surface area contributed by atoms with Gasteiger partial charge in [0.25, 0.3) is 0 Å². The number of amides is 1. The molecule has 130 valence electrons. The fourth-order valence-electron chi connectivity index (χ4n) is 4.55. The molecule has 3 unspecified atom stereocenters. The van der Waals surface area contributed by atoms with Crippen LogP contribution in [-0.4, -0.2) is 27.9 Å². The minimum Gasteiger partial charge on any atom is -0.336 e. The molecular weight excluding hydrogens is 315 g/mol. The van der Waals surface area contributed by atoms with Crippen molar-refractivity contribution in [1.82, 2.24) is 9.88 Å². The number of piperidine rings is 1. The quantitative estimate of drug-likeness (QED) is 0.834. The Hall–Kier alpha value is -2.23.